The highest BCUT2D eigenvalue weighted by molar-refractivity contribution is 6.10. The first-order valence-electron chi connectivity index (χ1n) is 15.1. The van der Waals surface area contributed by atoms with Crippen LogP contribution in [0.15, 0.2) is 30.3 Å². The third kappa shape index (κ3) is 8.17. The number of rotatable bonds is 9. The van der Waals surface area contributed by atoms with Crippen molar-refractivity contribution in [2.75, 3.05) is 39.5 Å². The maximum absolute atomic E-state index is 13.0. The van der Waals surface area contributed by atoms with Gasteiger partial charge in [-0.25, -0.2) is 19.2 Å². The first kappa shape index (κ1) is 37.1. The average Bonchev–Trinajstić information content (AvgIpc) is 3.02. The number of carbonyl (C=O) groups excluding carboxylic acids is 6. The Balaban J connectivity index is 0.000000322. The molecule has 2 aliphatic heterocycles. The molecule has 2 heterocycles. The summed E-state index contributed by atoms with van der Waals surface area (Å²) < 4.78 is 20.1. The molecule has 3 rings (SSSR count). The van der Waals surface area contributed by atoms with E-state index < -0.39 is 59.0 Å². The number of benzene rings is 1. The fourth-order valence-electron chi connectivity index (χ4n) is 5.34. The fraction of sp³-hybridized carbons (Fsp3) is 0.613. The van der Waals surface area contributed by atoms with Crippen LogP contribution < -0.4 is 0 Å². The summed E-state index contributed by atoms with van der Waals surface area (Å²) in [6.45, 7) is 7.80. The number of β-amino-alcohol motifs (C(OH)–C–C–N with tert-alkyl or cyclic N) is 2. The molecule has 0 aliphatic carbocycles. The normalized spacial score (nSPS) is 20.1. The summed E-state index contributed by atoms with van der Waals surface area (Å²) in [4.78, 5) is 76.8. The molecule has 2 atom stereocenters. The molecule has 2 N–H and O–H groups in total. The molecule has 0 radical (unpaired) electrons. The van der Waals surface area contributed by atoms with Crippen LogP contribution in [0, 0.1) is 0 Å². The molecule has 0 aromatic heterocycles. The van der Waals surface area contributed by atoms with Gasteiger partial charge in [0.25, 0.3) is 5.91 Å². The Bertz CT molecular complexity index is 1170. The Kier molecular flexibility index (Phi) is 13.9. The van der Waals surface area contributed by atoms with Crippen molar-refractivity contribution < 1.29 is 57.9 Å². The lowest BCUT2D eigenvalue weighted by Crippen LogP contribution is -2.67. The van der Waals surface area contributed by atoms with Gasteiger partial charge in [-0.3, -0.25) is 9.59 Å². The second kappa shape index (κ2) is 16.9. The number of nitrogens with zero attached hydrogens (tertiary/aromatic N) is 2. The van der Waals surface area contributed by atoms with Crippen molar-refractivity contribution in [3.8, 4) is 0 Å². The minimum Gasteiger partial charge on any atom is -0.464 e. The zero-order valence-corrected chi connectivity index (χ0v) is 26.5. The number of carbonyl (C=O) groups is 6. The molecule has 250 valence electrons. The summed E-state index contributed by atoms with van der Waals surface area (Å²) in [7, 11) is 0. The highest BCUT2D eigenvalue weighted by atomic mass is 16.6. The van der Waals surface area contributed by atoms with Crippen molar-refractivity contribution in [1.29, 1.82) is 0 Å². The van der Waals surface area contributed by atoms with Gasteiger partial charge in [0.1, 0.15) is 0 Å². The van der Waals surface area contributed by atoms with Gasteiger partial charge in [0.2, 0.25) is 17.0 Å². The molecule has 1 aromatic rings. The SMILES string of the molecule is CCOC(=O)C1(C(=O)OCC)CC[C@H](O)CN1C(=O)c1ccccc1.CCOC(=O)C1(C(=O)OCC)CC[C@H](O)CN1C(C)=O. The van der Waals surface area contributed by atoms with E-state index in [-0.39, 0.29) is 65.2 Å². The molecular weight excluding hydrogens is 592 g/mol. The molecule has 45 heavy (non-hydrogen) atoms. The molecule has 2 amide bonds. The van der Waals surface area contributed by atoms with Gasteiger partial charge >= 0.3 is 23.9 Å². The lowest BCUT2D eigenvalue weighted by Gasteiger charge is -2.44. The van der Waals surface area contributed by atoms with Crippen molar-refractivity contribution in [3.63, 3.8) is 0 Å². The molecular formula is C31H44N2O12. The molecule has 0 spiro atoms. The van der Waals surface area contributed by atoms with E-state index in [0.717, 1.165) is 9.80 Å². The van der Waals surface area contributed by atoms with E-state index >= 15 is 0 Å². The smallest absolute Gasteiger partial charge is 0.343 e. The van der Waals surface area contributed by atoms with E-state index in [1.54, 1.807) is 58.0 Å². The van der Waals surface area contributed by atoms with Gasteiger partial charge in [-0.2, -0.15) is 0 Å². The van der Waals surface area contributed by atoms with Crippen molar-refractivity contribution in [2.24, 2.45) is 0 Å². The number of amides is 2. The maximum Gasteiger partial charge on any atom is 0.343 e. The molecule has 0 bridgehead atoms. The number of piperidine rings is 2. The number of aliphatic hydroxyl groups is 2. The number of aliphatic hydroxyl groups excluding tert-OH is 2. The van der Waals surface area contributed by atoms with Gasteiger partial charge in [0, 0.05) is 25.6 Å². The minimum absolute atomic E-state index is 0.00852. The Hall–Kier alpha value is -4.04. The van der Waals surface area contributed by atoms with E-state index in [0.29, 0.717) is 5.56 Å². The molecule has 0 saturated carbocycles. The predicted molar refractivity (Wildman–Crippen MR) is 157 cm³/mol. The molecule has 2 saturated heterocycles. The molecule has 14 nitrogen and oxygen atoms in total. The first-order chi connectivity index (χ1) is 21.4. The van der Waals surface area contributed by atoms with E-state index in [9.17, 15) is 39.0 Å². The van der Waals surface area contributed by atoms with Crippen LogP contribution in [0.3, 0.4) is 0 Å². The lowest BCUT2D eigenvalue weighted by molar-refractivity contribution is -0.185. The van der Waals surface area contributed by atoms with E-state index in [1.165, 1.54) is 6.92 Å². The number of likely N-dealkylation sites (tertiary alicyclic amines) is 2. The van der Waals surface area contributed by atoms with E-state index in [2.05, 4.69) is 0 Å². The summed E-state index contributed by atoms with van der Waals surface area (Å²) in [5.74, 6) is -4.28. The summed E-state index contributed by atoms with van der Waals surface area (Å²) in [5.41, 5.74) is -3.34. The summed E-state index contributed by atoms with van der Waals surface area (Å²) in [6, 6.07) is 8.30. The topological polar surface area (TPSA) is 186 Å². The molecule has 1 aromatic carbocycles. The third-order valence-electron chi connectivity index (χ3n) is 7.49. The molecule has 2 fully saturated rings. The quantitative estimate of drug-likeness (QED) is 0.223. The van der Waals surface area contributed by atoms with Crippen LogP contribution in [0.4, 0.5) is 0 Å². The van der Waals surface area contributed by atoms with Gasteiger partial charge in [-0.15, -0.1) is 0 Å². The van der Waals surface area contributed by atoms with Gasteiger partial charge in [0.15, 0.2) is 0 Å². The first-order valence-corrected chi connectivity index (χ1v) is 15.1. The Morgan fingerprint density at radius 3 is 1.38 bits per heavy atom. The van der Waals surface area contributed by atoms with Gasteiger partial charge in [-0.05, 0) is 65.5 Å². The van der Waals surface area contributed by atoms with Crippen LogP contribution in [-0.2, 0) is 42.9 Å². The summed E-state index contributed by atoms with van der Waals surface area (Å²) in [6.07, 6.45) is -1.24. The number of hydrogen-bond donors (Lipinski definition) is 2. The van der Waals surface area contributed by atoms with Gasteiger partial charge < -0.3 is 39.0 Å². The number of ether oxygens (including phenoxy) is 4. The van der Waals surface area contributed by atoms with Crippen LogP contribution in [-0.4, -0.2) is 119 Å². The van der Waals surface area contributed by atoms with Gasteiger partial charge in [0.05, 0.1) is 38.6 Å². The van der Waals surface area contributed by atoms with Crippen LogP contribution in [0.25, 0.3) is 0 Å². The van der Waals surface area contributed by atoms with Gasteiger partial charge in [-0.1, -0.05) is 18.2 Å². The Labute approximate surface area is 262 Å². The van der Waals surface area contributed by atoms with Crippen molar-refractivity contribution in [1.82, 2.24) is 9.80 Å². The number of esters is 4. The zero-order valence-electron chi connectivity index (χ0n) is 26.5. The Morgan fingerprint density at radius 2 is 1.02 bits per heavy atom. The zero-order chi connectivity index (χ0) is 33.8. The standard InChI is InChI=1S/C18H23NO6.C13H21NO6/c1-3-24-16(22)18(17(23)25-4-2)11-10-14(20)12-19(18)15(21)13-8-6-5-7-9-13;1-4-19-11(17)13(12(18)20-5-2)7-6-10(16)8-14(13)9(3)15/h5-9,14,20H,3-4,10-12H2,1-2H3;10,16H,4-8H2,1-3H3/t14-;10-/m00/s1. The van der Waals surface area contributed by atoms with Crippen LogP contribution >= 0.6 is 0 Å². The minimum atomic E-state index is -1.88. The lowest BCUT2D eigenvalue weighted by atomic mass is 9.84. The van der Waals surface area contributed by atoms with E-state index in [4.69, 9.17) is 18.9 Å². The van der Waals surface area contributed by atoms with Crippen LogP contribution in [0.2, 0.25) is 0 Å². The predicted octanol–water partition coefficient (Wildman–Crippen LogP) is 1.00. The average molecular weight is 637 g/mol. The second-order valence-corrected chi connectivity index (χ2v) is 10.4. The second-order valence-electron chi connectivity index (χ2n) is 10.4. The molecule has 14 heteroatoms. The summed E-state index contributed by atoms with van der Waals surface area (Å²) in [5, 5.41) is 19.7. The largest absolute Gasteiger partial charge is 0.464 e. The maximum atomic E-state index is 13.0. The summed E-state index contributed by atoms with van der Waals surface area (Å²) >= 11 is 0. The van der Waals surface area contributed by atoms with Crippen molar-refractivity contribution in [2.45, 2.75) is 83.6 Å². The van der Waals surface area contributed by atoms with Crippen LogP contribution in [0.1, 0.15) is 70.7 Å². The molecule has 2 aliphatic rings. The molecule has 0 unspecified atom stereocenters. The number of hydrogen-bond acceptors (Lipinski definition) is 12. The van der Waals surface area contributed by atoms with Crippen molar-refractivity contribution >= 4 is 35.7 Å². The monoisotopic (exact) mass is 636 g/mol. The highest BCUT2D eigenvalue weighted by Gasteiger charge is 2.59. The fourth-order valence-corrected chi connectivity index (χ4v) is 5.34. The third-order valence-corrected chi connectivity index (χ3v) is 7.49. The highest BCUT2D eigenvalue weighted by Crippen LogP contribution is 2.34. The van der Waals surface area contributed by atoms with E-state index in [1.807, 2.05) is 0 Å². The Morgan fingerprint density at radius 1 is 0.667 bits per heavy atom. The van der Waals surface area contributed by atoms with Crippen LogP contribution in [0.5, 0.6) is 0 Å². The van der Waals surface area contributed by atoms with Crippen molar-refractivity contribution in [3.05, 3.63) is 35.9 Å².